The van der Waals surface area contributed by atoms with Crippen LogP contribution in [0.2, 0.25) is 0 Å². The van der Waals surface area contributed by atoms with Gasteiger partial charge >= 0.3 is 0 Å². The maximum Gasteiger partial charge on any atom is 0.168 e. The van der Waals surface area contributed by atoms with Crippen LogP contribution in [0.4, 0.5) is 8.78 Å². The van der Waals surface area contributed by atoms with E-state index in [0.717, 1.165) is 17.5 Å². The van der Waals surface area contributed by atoms with E-state index in [1.165, 1.54) is 23.7 Å². The van der Waals surface area contributed by atoms with Crippen LogP contribution in [0.1, 0.15) is 11.8 Å². The highest BCUT2D eigenvalue weighted by molar-refractivity contribution is 7.05. The molecule has 0 aliphatic heterocycles. The van der Waals surface area contributed by atoms with Crippen LogP contribution >= 0.6 is 11.5 Å². The molecule has 2 aromatic rings. The van der Waals surface area contributed by atoms with E-state index in [2.05, 4.69) is 14.9 Å². The predicted molar refractivity (Wildman–Crippen MR) is 62.6 cm³/mol. The number of nitrogens with one attached hydrogen (secondary N) is 1. The highest BCUT2D eigenvalue weighted by Crippen LogP contribution is 2.27. The maximum absolute atomic E-state index is 13.6. The van der Waals surface area contributed by atoms with Crippen molar-refractivity contribution in [3.63, 3.8) is 0 Å². The van der Waals surface area contributed by atoms with Crippen LogP contribution in [0.3, 0.4) is 0 Å². The summed E-state index contributed by atoms with van der Waals surface area (Å²) in [6.45, 7) is 3.32. The van der Waals surface area contributed by atoms with Crippen LogP contribution in [0.25, 0.3) is 11.3 Å². The smallest absolute Gasteiger partial charge is 0.168 e. The molecule has 0 bridgehead atoms. The second kappa shape index (κ2) is 5.29. The number of hydrogen-bond acceptors (Lipinski definition) is 4. The molecule has 1 N–H and O–H groups in total. The number of nitrogens with zero attached hydrogens (tertiary/aromatic N) is 2. The zero-order valence-electron chi connectivity index (χ0n) is 9.20. The van der Waals surface area contributed by atoms with Gasteiger partial charge in [0.05, 0.1) is 4.88 Å². The Morgan fingerprint density at radius 1 is 1.35 bits per heavy atom. The van der Waals surface area contributed by atoms with Gasteiger partial charge in [0.2, 0.25) is 0 Å². The minimum Gasteiger partial charge on any atom is -0.312 e. The van der Waals surface area contributed by atoms with Gasteiger partial charge in [0, 0.05) is 12.1 Å². The summed E-state index contributed by atoms with van der Waals surface area (Å²) in [6, 6.07) is 4.05. The summed E-state index contributed by atoms with van der Waals surface area (Å²) in [5.41, 5.74) is 0.569. The summed E-state index contributed by atoms with van der Waals surface area (Å²) in [6.07, 6.45) is 0. The fourth-order valence-corrected chi connectivity index (χ4v) is 2.08. The van der Waals surface area contributed by atoms with Crippen LogP contribution in [-0.2, 0) is 6.54 Å². The third-order valence-corrected chi connectivity index (χ3v) is 3.02. The molecule has 0 saturated heterocycles. The van der Waals surface area contributed by atoms with Gasteiger partial charge in [0.25, 0.3) is 0 Å². The van der Waals surface area contributed by atoms with Crippen molar-refractivity contribution in [1.82, 2.24) is 14.9 Å². The van der Waals surface area contributed by atoms with E-state index in [1.807, 2.05) is 6.92 Å². The zero-order valence-corrected chi connectivity index (χ0v) is 10.0. The Balaban J connectivity index is 2.39. The van der Waals surface area contributed by atoms with E-state index >= 15 is 0 Å². The second-order valence-corrected chi connectivity index (χ2v) is 4.27. The fraction of sp³-hybridized carbons (Fsp3) is 0.273. The lowest BCUT2D eigenvalue weighted by Crippen LogP contribution is -2.11. The zero-order chi connectivity index (χ0) is 12.3. The van der Waals surface area contributed by atoms with E-state index in [4.69, 9.17) is 0 Å². The Labute approximate surface area is 102 Å². The summed E-state index contributed by atoms with van der Waals surface area (Å²) in [4.78, 5) is 0.802. The Bertz CT molecular complexity index is 513. The molecule has 0 saturated carbocycles. The molecule has 1 aromatic heterocycles. The molecule has 3 nitrogen and oxygen atoms in total. The van der Waals surface area contributed by atoms with Crippen LogP contribution in [-0.4, -0.2) is 16.1 Å². The normalized spacial score (nSPS) is 10.8. The molecule has 0 aliphatic rings. The van der Waals surface area contributed by atoms with Gasteiger partial charge in [-0.3, -0.25) is 0 Å². The van der Waals surface area contributed by atoms with Crippen molar-refractivity contribution in [2.45, 2.75) is 13.5 Å². The van der Waals surface area contributed by atoms with Crippen molar-refractivity contribution >= 4 is 11.5 Å². The molecular formula is C11H11F2N3S. The first kappa shape index (κ1) is 12.1. The summed E-state index contributed by atoms with van der Waals surface area (Å²) in [5.74, 6) is -1.75. The summed E-state index contributed by atoms with van der Waals surface area (Å²) >= 11 is 1.19. The molecule has 0 unspecified atom stereocenters. The Hall–Kier alpha value is -1.40. The standard InChI is InChI=1S/C11H11F2N3S/c1-2-14-6-9-11(15-16-17-9)7-4-3-5-8(12)10(7)13/h3-5,14H,2,6H2,1H3. The van der Waals surface area contributed by atoms with E-state index in [9.17, 15) is 8.78 Å². The Morgan fingerprint density at radius 3 is 2.94 bits per heavy atom. The van der Waals surface area contributed by atoms with E-state index in [0.29, 0.717) is 12.2 Å². The molecule has 0 aliphatic carbocycles. The molecule has 0 fully saturated rings. The molecule has 2 rings (SSSR count). The van der Waals surface area contributed by atoms with Crippen molar-refractivity contribution < 1.29 is 8.78 Å². The maximum atomic E-state index is 13.6. The molecular weight excluding hydrogens is 244 g/mol. The average Bonchev–Trinajstić information content (AvgIpc) is 2.78. The number of rotatable bonds is 4. The van der Waals surface area contributed by atoms with Crippen molar-refractivity contribution in [3.05, 3.63) is 34.7 Å². The minimum atomic E-state index is -0.877. The van der Waals surface area contributed by atoms with Gasteiger partial charge in [-0.1, -0.05) is 17.5 Å². The predicted octanol–water partition coefficient (Wildman–Crippen LogP) is 2.59. The minimum absolute atomic E-state index is 0.159. The van der Waals surface area contributed by atoms with E-state index in [-0.39, 0.29) is 5.56 Å². The highest BCUT2D eigenvalue weighted by atomic mass is 32.1. The SMILES string of the molecule is CCNCc1snnc1-c1cccc(F)c1F. The molecule has 0 spiro atoms. The largest absolute Gasteiger partial charge is 0.312 e. The molecule has 1 aromatic carbocycles. The monoisotopic (exact) mass is 255 g/mol. The third kappa shape index (κ3) is 2.48. The number of aromatic nitrogens is 2. The average molecular weight is 255 g/mol. The van der Waals surface area contributed by atoms with Gasteiger partial charge < -0.3 is 5.32 Å². The van der Waals surface area contributed by atoms with Gasteiger partial charge in [0.1, 0.15) is 5.69 Å². The molecule has 0 amide bonds. The van der Waals surface area contributed by atoms with Gasteiger partial charge in [-0.25, -0.2) is 8.78 Å². The second-order valence-electron chi connectivity index (χ2n) is 3.43. The van der Waals surface area contributed by atoms with Gasteiger partial charge in [-0.05, 0) is 30.2 Å². The first-order valence-electron chi connectivity index (χ1n) is 5.20. The Kier molecular flexibility index (Phi) is 3.75. The van der Waals surface area contributed by atoms with Gasteiger partial charge in [-0.15, -0.1) is 5.10 Å². The highest BCUT2D eigenvalue weighted by Gasteiger charge is 2.16. The lowest BCUT2D eigenvalue weighted by atomic mass is 10.1. The molecule has 90 valence electrons. The van der Waals surface area contributed by atoms with Crippen molar-refractivity contribution in [3.8, 4) is 11.3 Å². The van der Waals surface area contributed by atoms with Crippen molar-refractivity contribution in [2.24, 2.45) is 0 Å². The molecule has 0 radical (unpaired) electrons. The van der Waals surface area contributed by atoms with Gasteiger partial charge in [-0.2, -0.15) is 0 Å². The van der Waals surface area contributed by atoms with Crippen molar-refractivity contribution in [2.75, 3.05) is 6.54 Å². The van der Waals surface area contributed by atoms with E-state index < -0.39 is 11.6 Å². The molecule has 0 atom stereocenters. The summed E-state index contributed by atoms with van der Waals surface area (Å²) < 4.78 is 30.5. The quantitative estimate of drug-likeness (QED) is 0.912. The molecule has 17 heavy (non-hydrogen) atoms. The summed E-state index contributed by atoms with van der Waals surface area (Å²) in [5, 5.41) is 6.97. The van der Waals surface area contributed by atoms with Crippen LogP contribution < -0.4 is 5.32 Å². The number of hydrogen-bond donors (Lipinski definition) is 1. The van der Waals surface area contributed by atoms with Crippen molar-refractivity contribution in [1.29, 1.82) is 0 Å². The lowest BCUT2D eigenvalue weighted by Gasteiger charge is -2.03. The number of halogens is 2. The topological polar surface area (TPSA) is 37.8 Å². The fourth-order valence-electron chi connectivity index (χ4n) is 1.45. The van der Waals surface area contributed by atoms with Crippen LogP contribution in [0.5, 0.6) is 0 Å². The van der Waals surface area contributed by atoms with Gasteiger partial charge in [0.15, 0.2) is 11.6 Å². The summed E-state index contributed by atoms with van der Waals surface area (Å²) in [7, 11) is 0. The Morgan fingerprint density at radius 2 is 2.18 bits per heavy atom. The van der Waals surface area contributed by atoms with Crippen LogP contribution in [0.15, 0.2) is 18.2 Å². The molecule has 6 heteroatoms. The molecule has 1 heterocycles. The first-order valence-corrected chi connectivity index (χ1v) is 5.97. The number of benzene rings is 1. The first-order chi connectivity index (χ1) is 8.24. The van der Waals surface area contributed by atoms with Crippen LogP contribution in [0, 0.1) is 11.6 Å². The lowest BCUT2D eigenvalue weighted by molar-refractivity contribution is 0.511. The van der Waals surface area contributed by atoms with E-state index in [1.54, 1.807) is 0 Å². The third-order valence-electron chi connectivity index (χ3n) is 2.30.